The maximum Gasteiger partial charge on any atom is 0.0586 e. The zero-order valence-electron chi connectivity index (χ0n) is 9.70. The SMILES string of the molecule is CC(C)(C)CC(O)Cc1cnccc1N. The van der Waals surface area contributed by atoms with Crippen LogP contribution in [0.15, 0.2) is 18.5 Å². The Labute approximate surface area is 91.3 Å². The topological polar surface area (TPSA) is 59.1 Å². The van der Waals surface area contributed by atoms with Gasteiger partial charge in [-0.25, -0.2) is 0 Å². The van der Waals surface area contributed by atoms with Crippen LogP contribution in [0.3, 0.4) is 0 Å². The van der Waals surface area contributed by atoms with Gasteiger partial charge in [0, 0.05) is 24.5 Å². The Kier molecular flexibility index (Phi) is 3.69. The molecule has 1 rings (SSSR count). The molecule has 0 spiro atoms. The van der Waals surface area contributed by atoms with Crippen molar-refractivity contribution >= 4 is 5.69 Å². The second-order valence-corrected chi connectivity index (χ2v) is 5.20. The van der Waals surface area contributed by atoms with Crippen LogP contribution >= 0.6 is 0 Å². The molecule has 15 heavy (non-hydrogen) atoms. The van der Waals surface area contributed by atoms with Crippen molar-refractivity contribution in [2.75, 3.05) is 5.73 Å². The number of anilines is 1. The summed E-state index contributed by atoms with van der Waals surface area (Å²) in [6.45, 7) is 6.34. The monoisotopic (exact) mass is 208 g/mol. The summed E-state index contributed by atoms with van der Waals surface area (Å²) in [5.74, 6) is 0. The molecule has 0 saturated heterocycles. The van der Waals surface area contributed by atoms with Crippen LogP contribution in [0.1, 0.15) is 32.8 Å². The van der Waals surface area contributed by atoms with E-state index in [1.165, 1.54) is 0 Å². The zero-order chi connectivity index (χ0) is 11.5. The van der Waals surface area contributed by atoms with Crippen LogP contribution in [0.5, 0.6) is 0 Å². The Bertz CT molecular complexity index is 318. The van der Waals surface area contributed by atoms with Crippen molar-refractivity contribution in [3.63, 3.8) is 0 Å². The van der Waals surface area contributed by atoms with Gasteiger partial charge >= 0.3 is 0 Å². The van der Waals surface area contributed by atoms with E-state index in [2.05, 4.69) is 25.8 Å². The molecular formula is C12H20N2O. The predicted molar refractivity (Wildman–Crippen MR) is 62.4 cm³/mol. The zero-order valence-corrected chi connectivity index (χ0v) is 9.70. The van der Waals surface area contributed by atoms with Crippen LogP contribution in [-0.2, 0) is 6.42 Å². The van der Waals surface area contributed by atoms with Gasteiger partial charge in [-0.15, -0.1) is 0 Å². The Morgan fingerprint density at radius 2 is 2.13 bits per heavy atom. The van der Waals surface area contributed by atoms with Gasteiger partial charge in [-0.05, 0) is 23.5 Å². The molecule has 3 nitrogen and oxygen atoms in total. The maximum atomic E-state index is 9.88. The van der Waals surface area contributed by atoms with E-state index in [0.717, 1.165) is 12.0 Å². The lowest BCUT2D eigenvalue weighted by Crippen LogP contribution is -2.20. The molecule has 1 aromatic heterocycles. The molecule has 0 radical (unpaired) electrons. The second kappa shape index (κ2) is 4.62. The number of rotatable bonds is 3. The van der Waals surface area contributed by atoms with E-state index < -0.39 is 0 Å². The fourth-order valence-electron chi connectivity index (χ4n) is 1.64. The highest BCUT2D eigenvalue weighted by Crippen LogP contribution is 2.23. The molecule has 0 amide bonds. The molecule has 3 heteroatoms. The first kappa shape index (κ1) is 12.0. The third-order valence-electron chi connectivity index (χ3n) is 2.24. The van der Waals surface area contributed by atoms with E-state index >= 15 is 0 Å². The number of aromatic nitrogens is 1. The Morgan fingerprint density at radius 1 is 1.47 bits per heavy atom. The minimum Gasteiger partial charge on any atom is -0.398 e. The highest BCUT2D eigenvalue weighted by atomic mass is 16.3. The van der Waals surface area contributed by atoms with Crippen molar-refractivity contribution in [2.24, 2.45) is 5.41 Å². The highest BCUT2D eigenvalue weighted by molar-refractivity contribution is 5.44. The quantitative estimate of drug-likeness (QED) is 0.798. The molecule has 0 bridgehead atoms. The van der Waals surface area contributed by atoms with E-state index in [1.54, 1.807) is 18.5 Å². The molecule has 1 heterocycles. The first-order valence-corrected chi connectivity index (χ1v) is 5.25. The summed E-state index contributed by atoms with van der Waals surface area (Å²) in [7, 11) is 0. The summed E-state index contributed by atoms with van der Waals surface area (Å²) in [6, 6.07) is 1.76. The average Bonchev–Trinajstić information content (AvgIpc) is 2.05. The molecule has 3 N–H and O–H groups in total. The first-order valence-electron chi connectivity index (χ1n) is 5.25. The normalized spacial score (nSPS) is 13.9. The van der Waals surface area contributed by atoms with Gasteiger partial charge in [-0.3, -0.25) is 4.98 Å². The van der Waals surface area contributed by atoms with Crippen LogP contribution < -0.4 is 5.73 Å². The van der Waals surface area contributed by atoms with Crippen LogP contribution in [0.25, 0.3) is 0 Å². The Balaban J connectivity index is 2.59. The summed E-state index contributed by atoms with van der Waals surface area (Å²) in [5.41, 5.74) is 7.55. The number of nitrogens with two attached hydrogens (primary N) is 1. The van der Waals surface area contributed by atoms with Crippen molar-refractivity contribution in [1.82, 2.24) is 4.98 Å². The van der Waals surface area contributed by atoms with Crippen molar-refractivity contribution < 1.29 is 5.11 Å². The summed E-state index contributed by atoms with van der Waals surface area (Å²) in [6.07, 6.45) is 4.38. The number of aliphatic hydroxyl groups excluding tert-OH is 1. The van der Waals surface area contributed by atoms with E-state index in [4.69, 9.17) is 5.73 Å². The van der Waals surface area contributed by atoms with Crippen molar-refractivity contribution in [3.05, 3.63) is 24.0 Å². The van der Waals surface area contributed by atoms with Crippen LogP contribution in [0.4, 0.5) is 5.69 Å². The van der Waals surface area contributed by atoms with Gasteiger partial charge in [-0.2, -0.15) is 0 Å². The molecule has 0 aliphatic carbocycles. The smallest absolute Gasteiger partial charge is 0.0586 e. The predicted octanol–water partition coefficient (Wildman–Crippen LogP) is 2.00. The van der Waals surface area contributed by atoms with Gasteiger partial charge in [0.05, 0.1) is 6.10 Å². The van der Waals surface area contributed by atoms with Gasteiger partial charge < -0.3 is 10.8 Å². The highest BCUT2D eigenvalue weighted by Gasteiger charge is 2.17. The lowest BCUT2D eigenvalue weighted by Gasteiger charge is -2.22. The molecule has 0 aliphatic heterocycles. The second-order valence-electron chi connectivity index (χ2n) is 5.20. The molecule has 0 saturated carbocycles. The van der Waals surface area contributed by atoms with E-state index in [0.29, 0.717) is 12.1 Å². The third-order valence-corrected chi connectivity index (χ3v) is 2.24. The lowest BCUT2D eigenvalue weighted by molar-refractivity contribution is 0.121. The number of aliphatic hydroxyl groups is 1. The molecule has 0 fully saturated rings. The molecule has 0 aromatic carbocycles. The first-order chi connectivity index (χ1) is 6.88. The van der Waals surface area contributed by atoms with Gasteiger partial charge in [0.1, 0.15) is 0 Å². The van der Waals surface area contributed by atoms with Crippen LogP contribution in [0, 0.1) is 5.41 Å². The summed E-state index contributed by atoms with van der Waals surface area (Å²) < 4.78 is 0. The van der Waals surface area contributed by atoms with Crippen molar-refractivity contribution in [1.29, 1.82) is 0 Å². The Morgan fingerprint density at radius 3 is 2.67 bits per heavy atom. The van der Waals surface area contributed by atoms with Gasteiger partial charge in [0.15, 0.2) is 0 Å². The number of hydrogen-bond donors (Lipinski definition) is 2. The average molecular weight is 208 g/mol. The molecular weight excluding hydrogens is 188 g/mol. The summed E-state index contributed by atoms with van der Waals surface area (Å²) >= 11 is 0. The van der Waals surface area contributed by atoms with Crippen LogP contribution in [0.2, 0.25) is 0 Å². The van der Waals surface area contributed by atoms with E-state index in [9.17, 15) is 5.11 Å². The molecule has 1 aromatic rings. The number of pyridine rings is 1. The minimum absolute atomic E-state index is 0.135. The third kappa shape index (κ3) is 4.30. The molecule has 0 aliphatic rings. The summed E-state index contributed by atoms with van der Waals surface area (Å²) in [5, 5.41) is 9.88. The van der Waals surface area contributed by atoms with Gasteiger partial charge in [0.25, 0.3) is 0 Å². The van der Waals surface area contributed by atoms with Crippen molar-refractivity contribution in [2.45, 2.75) is 39.7 Å². The molecule has 1 unspecified atom stereocenters. The number of hydrogen-bond acceptors (Lipinski definition) is 3. The van der Waals surface area contributed by atoms with Gasteiger partial charge in [-0.1, -0.05) is 20.8 Å². The van der Waals surface area contributed by atoms with Gasteiger partial charge in [0.2, 0.25) is 0 Å². The van der Waals surface area contributed by atoms with E-state index in [-0.39, 0.29) is 11.5 Å². The number of nitrogens with zero attached hydrogens (tertiary/aromatic N) is 1. The standard InChI is InChI=1S/C12H20N2O/c1-12(2,3)7-10(15)6-9-8-14-5-4-11(9)13/h4-5,8,10,15H,6-7H2,1-3H3,(H2,13,14). The van der Waals surface area contributed by atoms with E-state index in [1.807, 2.05) is 0 Å². The maximum absolute atomic E-state index is 9.88. The van der Waals surface area contributed by atoms with Crippen LogP contribution in [-0.4, -0.2) is 16.2 Å². The number of nitrogen functional groups attached to an aromatic ring is 1. The molecule has 1 atom stereocenters. The Hall–Kier alpha value is -1.09. The fraction of sp³-hybridized carbons (Fsp3) is 0.583. The lowest BCUT2D eigenvalue weighted by atomic mass is 9.87. The largest absolute Gasteiger partial charge is 0.398 e. The van der Waals surface area contributed by atoms with Crippen molar-refractivity contribution in [3.8, 4) is 0 Å². The minimum atomic E-state index is -0.350. The summed E-state index contributed by atoms with van der Waals surface area (Å²) in [4.78, 5) is 4.00. The fourth-order valence-corrected chi connectivity index (χ4v) is 1.64. The molecule has 84 valence electrons.